The molecule has 0 aliphatic heterocycles. The largest absolute Gasteiger partial charge is 0.507 e. The van der Waals surface area contributed by atoms with E-state index < -0.39 is 17.9 Å². The van der Waals surface area contributed by atoms with Crippen LogP contribution in [0.5, 0.6) is 5.75 Å². The maximum absolute atomic E-state index is 13.3. The molecule has 0 saturated heterocycles. The van der Waals surface area contributed by atoms with Crippen molar-refractivity contribution in [3.8, 4) is 5.75 Å². The van der Waals surface area contributed by atoms with Crippen LogP contribution < -0.4 is 0 Å². The molecule has 2 bridgehead atoms. The van der Waals surface area contributed by atoms with Gasteiger partial charge in [-0.2, -0.15) is 0 Å². The molecule has 6 atom stereocenters. The van der Waals surface area contributed by atoms with Gasteiger partial charge in [0.15, 0.2) is 11.6 Å². The molecule has 3 saturated carbocycles. The van der Waals surface area contributed by atoms with Crippen LogP contribution in [0.1, 0.15) is 66.7 Å². The number of carbonyl (C=O) groups excluding carboxylic acids is 3. The molecule has 5 rings (SSSR count). The Morgan fingerprint density at radius 1 is 1.04 bits per heavy atom. The highest BCUT2D eigenvalue weighted by Crippen LogP contribution is 2.59. The van der Waals surface area contributed by atoms with E-state index in [0.29, 0.717) is 11.8 Å². The van der Waals surface area contributed by atoms with Gasteiger partial charge in [-0.15, -0.1) is 0 Å². The summed E-state index contributed by atoms with van der Waals surface area (Å²) in [6.07, 6.45) is 3.03. The van der Waals surface area contributed by atoms with Crippen LogP contribution in [0.3, 0.4) is 0 Å². The van der Waals surface area contributed by atoms with E-state index in [2.05, 4.69) is 13.8 Å². The Balaban J connectivity index is 1.49. The van der Waals surface area contributed by atoms with Crippen molar-refractivity contribution in [3.05, 3.63) is 29.3 Å². The van der Waals surface area contributed by atoms with E-state index in [0.717, 1.165) is 12.8 Å². The highest BCUT2D eigenvalue weighted by atomic mass is 16.5. The molecule has 148 valence electrons. The van der Waals surface area contributed by atoms with Gasteiger partial charge >= 0.3 is 0 Å². The lowest BCUT2D eigenvalue weighted by atomic mass is 9.65. The molecule has 0 radical (unpaired) electrons. The van der Waals surface area contributed by atoms with Crippen molar-refractivity contribution in [2.75, 3.05) is 0 Å². The second-order valence-corrected chi connectivity index (χ2v) is 9.66. The van der Waals surface area contributed by atoms with Crippen LogP contribution in [0, 0.1) is 29.1 Å². The van der Waals surface area contributed by atoms with Gasteiger partial charge in [0.05, 0.1) is 23.7 Å². The molecule has 4 aliphatic rings. The van der Waals surface area contributed by atoms with Gasteiger partial charge in [-0.3, -0.25) is 14.4 Å². The van der Waals surface area contributed by atoms with Gasteiger partial charge in [-0.25, -0.2) is 0 Å². The van der Waals surface area contributed by atoms with Crippen LogP contribution in [0.25, 0.3) is 0 Å². The Morgan fingerprint density at radius 3 is 2.50 bits per heavy atom. The lowest BCUT2D eigenvalue weighted by Crippen LogP contribution is -2.50. The van der Waals surface area contributed by atoms with E-state index in [1.165, 1.54) is 12.5 Å². The Kier molecular flexibility index (Phi) is 3.86. The van der Waals surface area contributed by atoms with Crippen LogP contribution in [0.4, 0.5) is 0 Å². The molecule has 1 aromatic rings. The number of fused-ring (bicyclic) bond motifs is 4. The first kappa shape index (κ1) is 18.0. The number of hydrogen-bond acceptors (Lipinski definition) is 5. The lowest BCUT2D eigenvalue weighted by molar-refractivity contribution is -0.134. The average molecular weight is 382 g/mol. The number of carbonyl (C=O) groups is 3. The van der Waals surface area contributed by atoms with Gasteiger partial charge in [-0.05, 0) is 42.6 Å². The molecule has 0 spiro atoms. The van der Waals surface area contributed by atoms with E-state index in [9.17, 15) is 19.5 Å². The molecule has 0 heterocycles. The highest BCUT2D eigenvalue weighted by Gasteiger charge is 2.56. The second kappa shape index (κ2) is 5.99. The van der Waals surface area contributed by atoms with Crippen molar-refractivity contribution in [1.29, 1.82) is 0 Å². The van der Waals surface area contributed by atoms with E-state index in [-0.39, 0.29) is 58.6 Å². The van der Waals surface area contributed by atoms with E-state index in [1.807, 2.05) is 0 Å². The average Bonchev–Trinajstić information content (AvgIpc) is 3.05. The van der Waals surface area contributed by atoms with Crippen LogP contribution in [-0.2, 0) is 9.53 Å². The molecule has 1 N–H and O–H groups in total. The molecule has 28 heavy (non-hydrogen) atoms. The fourth-order valence-corrected chi connectivity index (χ4v) is 6.51. The number of rotatable bonds is 2. The SMILES string of the molecule is CC1(C)[C@H]2CC[C@H]1[C@H](O[C@@H]1CC(=O)C[C@@H]3C(=O)c4cccc(O)c4C(=O)[C@H]31)C2. The van der Waals surface area contributed by atoms with Crippen molar-refractivity contribution in [2.45, 2.75) is 58.2 Å². The Morgan fingerprint density at radius 2 is 1.82 bits per heavy atom. The first-order valence-electron chi connectivity index (χ1n) is 10.4. The fraction of sp³-hybridized carbons (Fsp3) is 0.609. The number of ketones is 3. The summed E-state index contributed by atoms with van der Waals surface area (Å²) < 4.78 is 6.46. The topological polar surface area (TPSA) is 80.7 Å². The predicted molar refractivity (Wildman–Crippen MR) is 101 cm³/mol. The molecule has 4 aliphatic carbocycles. The molecule has 5 heteroatoms. The minimum atomic E-state index is -0.673. The van der Waals surface area contributed by atoms with Gasteiger partial charge in [0, 0.05) is 24.3 Å². The minimum Gasteiger partial charge on any atom is -0.507 e. The van der Waals surface area contributed by atoms with Crippen molar-refractivity contribution in [3.63, 3.8) is 0 Å². The molecule has 0 unspecified atom stereocenters. The van der Waals surface area contributed by atoms with Crippen LogP contribution >= 0.6 is 0 Å². The summed E-state index contributed by atoms with van der Waals surface area (Å²) in [6.45, 7) is 4.58. The monoisotopic (exact) mass is 382 g/mol. The maximum atomic E-state index is 13.3. The molecular weight excluding hydrogens is 356 g/mol. The lowest BCUT2D eigenvalue weighted by Gasteiger charge is -2.41. The summed E-state index contributed by atoms with van der Waals surface area (Å²) in [5.74, 6) is -0.936. The Bertz CT molecular complexity index is 885. The molecule has 3 fully saturated rings. The zero-order chi connectivity index (χ0) is 19.8. The van der Waals surface area contributed by atoms with Crippen molar-refractivity contribution in [2.24, 2.45) is 29.1 Å². The smallest absolute Gasteiger partial charge is 0.173 e. The predicted octanol–water partition coefficient (Wildman–Crippen LogP) is 3.58. The Hall–Kier alpha value is -2.01. The van der Waals surface area contributed by atoms with Crippen LogP contribution in [0.2, 0.25) is 0 Å². The van der Waals surface area contributed by atoms with E-state index >= 15 is 0 Å². The summed E-state index contributed by atoms with van der Waals surface area (Å²) in [5.41, 5.74) is 0.561. The number of aromatic hydroxyl groups is 1. The summed E-state index contributed by atoms with van der Waals surface area (Å²) in [7, 11) is 0. The number of hydrogen-bond donors (Lipinski definition) is 1. The first-order valence-corrected chi connectivity index (χ1v) is 10.4. The third-order valence-corrected chi connectivity index (χ3v) is 8.05. The third kappa shape index (κ3) is 2.38. The molecule has 0 amide bonds. The van der Waals surface area contributed by atoms with Crippen molar-refractivity contribution >= 4 is 17.3 Å². The zero-order valence-electron chi connectivity index (χ0n) is 16.3. The third-order valence-electron chi connectivity index (χ3n) is 8.05. The van der Waals surface area contributed by atoms with Crippen molar-refractivity contribution in [1.82, 2.24) is 0 Å². The van der Waals surface area contributed by atoms with Crippen molar-refractivity contribution < 1.29 is 24.2 Å². The maximum Gasteiger partial charge on any atom is 0.173 e. The minimum absolute atomic E-state index is 0.0154. The van der Waals surface area contributed by atoms with Gasteiger partial charge < -0.3 is 9.84 Å². The van der Waals surface area contributed by atoms with Crippen LogP contribution in [-0.4, -0.2) is 34.7 Å². The number of Topliss-reactive ketones (excluding diaryl/α,β-unsaturated/α-hetero) is 3. The van der Waals surface area contributed by atoms with Gasteiger partial charge in [0.1, 0.15) is 11.5 Å². The van der Waals surface area contributed by atoms with Gasteiger partial charge in [0.2, 0.25) is 0 Å². The number of ether oxygens (including phenoxy) is 1. The first-order chi connectivity index (χ1) is 13.3. The van der Waals surface area contributed by atoms with Gasteiger partial charge in [0.25, 0.3) is 0 Å². The number of benzene rings is 1. The van der Waals surface area contributed by atoms with E-state index in [4.69, 9.17) is 4.74 Å². The summed E-state index contributed by atoms with van der Waals surface area (Å²) in [4.78, 5) is 38.8. The molecule has 1 aromatic carbocycles. The van der Waals surface area contributed by atoms with Gasteiger partial charge in [-0.1, -0.05) is 26.0 Å². The molecule has 0 aromatic heterocycles. The normalized spacial score (nSPS) is 38.4. The number of phenolic OH excluding ortho intramolecular Hbond substituents is 1. The number of phenols is 1. The molecular formula is C23H26O5. The summed E-state index contributed by atoms with van der Waals surface area (Å²) in [6, 6.07) is 4.57. The molecule has 5 nitrogen and oxygen atoms in total. The highest BCUT2D eigenvalue weighted by molar-refractivity contribution is 6.18. The second-order valence-electron chi connectivity index (χ2n) is 9.66. The Labute approximate surface area is 164 Å². The van der Waals surface area contributed by atoms with E-state index in [1.54, 1.807) is 12.1 Å². The summed E-state index contributed by atoms with van der Waals surface area (Å²) in [5, 5.41) is 10.2. The standard InChI is InChI=1S/C23H26O5/c1-23(2)11-6-7-15(23)17(8-11)28-18-10-12(24)9-14-20(18)22(27)19-13(21(14)26)4-3-5-16(19)25/h3-5,11,14-15,17-18,20,25H,6-10H2,1-2H3/t11-,14-,15-,17+,18+,20+/m0/s1. The zero-order valence-corrected chi connectivity index (χ0v) is 16.3. The van der Waals surface area contributed by atoms with Crippen LogP contribution in [0.15, 0.2) is 18.2 Å². The quantitative estimate of drug-likeness (QED) is 0.846. The summed E-state index contributed by atoms with van der Waals surface area (Å²) >= 11 is 0. The fourth-order valence-electron chi connectivity index (χ4n) is 6.51.